The second kappa shape index (κ2) is 7.61. The van der Waals surface area contributed by atoms with Gasteiger partial charge in [0.25, 0.3) is 0 Å². The molecule has 0 aromatic rings. The molecular formula is C16H31NO2. The molecule has 0 aliphatic heterocycles. The maximum atomic E-state index is 10.2. The second-order valence-corrected chi connectivity index (χ2v) is 6.76. The monoisotopic (exact) mass is 269 g/mol. The summed E-state index contributed by atoms with van der Waals surface area (Å²) in [5.74, 6) is 1.16. The number of nitrogens with zero attached hydrogens (tertiary/aromatic N) is 1. The van der Waals surface area contributed by atoms with Gasteiger partial charge in [-0.1, -0.05) is 26.2 Å². The molecule has 0 aromatic carbocycles. The first-order chi connectivity index (χ1) is 9.20. The number of hydrogen-bond donors (Lipinski definition) is 2. The molecule has 112 valence electrons. The lowest BCUT2D eigenvalue weighted by molar-refractivity contribution is 0.0126. The van der Waals surface area contributed by atoms with Gasteiger partial charge >= 0.3 is 0 Å². The van der Waals surface area contributed by atoms with Crippen molar-refractivity contribution in [2.45, 2.75) is 70.4 Å². The van der Waals surface area contributed by atoms with E-state index in [4.69, 9.17) is 0 Å². The Morgan fingerprint density at radius 1 is 1.05 bits per heavy atom. The number of hydrogen-bond acceptors (Lipinski definition) is 3. The van der Waals surface area contributed by atoms with E-state index < -0.39 is 0 Å². The van der Waals surface area contributed by atoms with Crippen LogP contribution >= 0.6 is 0 Å². The minimum atomic E-state index is -0.124. The zero-order chi connectivity index (χ0) is 13.7. The van der Waals surface area contributed by atoms with Gasteiger partial charge in [-0.25, -0.2) is 0 Å². The summed E-state index contributed by atoms with van der Waals surface area (Å²) in [5, 5.41) is 19.5. The highest BCUT2D eigenvalue weighted by Crippen LogP contribution is 2.31. The van der Waals surface area contributed by atoms with Crippen LogP contribution in [0.3, 0.4) is 0 Å². The summed E-state index contributed by atoms with van der Waals surface area (Å²) in [5.41, 5.74) is 0. The molecule has 2 aliphatic carbocycles. The third-order valence-corrected chi connectivity index (χ3v) is 5.15. The van der Waals surface area contributed by atoms with E-state index in [1.165, 1.54) is 38.5 Å². The van der Waals surface area contributed by atoms with E-state index in [9.17, 15) is 10.2 Å². The van der Waals surface area contributed by atoms with E-state index in [0.717, 1.165) is 31.8 Å². The van der Waals surface area contributed by atoms with Crippen LogP contribution in [-0.2, 0) is 0 Å². The van der Waals surface area contributed by atoms with Crippen LogP contribution in [0.25, 0.3) is 0 Å². The van der Waals surface area contributed by atoms with E-state index >= 15 is 0 Å². The molecule has 3 heteroatoms. The Balaban J connectivity index is 1.90. The Kier molecular flexibility index (Phi) is 6.11. The van der Waals surface area contributed by atoms with Gasteiger partial charge in [0.15, 0.2) is 0 Å². The van der Waals surface area contributed by atoms with Crippen LogP contribution in [-0.4, -0.2) is 47.0 Å². The molecular weight excluding hydrogens is 238 g/mol. The molecule has 3 unspecified atom stereocenters. The molecule has 2 fully saturated rings. The van der Waals surface area contributed by atoms with E-state index in [1.54, 1.807) is 0 Å². The molecule has 3 nitrogen and oxygen atoms in total. The summed E-state index contributed by atoms with van der Waals surface area (Å²) in [4.78, 5) is 2.46. The predicted octanol–water partition coefficient (Wildman–Crippen LogP) is 2.41. The average Bonchev–Trinajstić information content (AvgIpc) is 2.43. The molecule has 0 spiro atoms. The summed E-state index contributed by atoms with van der Waals surface area (Å²) in [6.07, 6.45) is 9.73. The van der Waals surface area contributed by atoms with Crippen molar-refractivity contribution in [3.63, 3.8) is 0 Å². The number of aliphatic hydroxyl groups is 2. The molecule has 0 heterocycles. The van der Waals surface area contributed by atoms with E-state index in [2.05, 4.69) is 11.8 Å². The van der Waals surface area contributed by atoms with Crippen LogP contribution in [0.15, 0.2) is 0 Å². The van der Waals surface area contributed by atoms with Gasteiger partial charge in [-0.05, 0) is 43.9 Å². The van der Waals surface area contributed by atoms with Gasteiger partial charge in [0.05, 0.1) is 12.7 Å². The van der Waals surface area contributed by atoms with Gasteiger partial charge in [-0.15, -0.1) is 0 Å². The second-order valence-electron chi connectivity index (χ2n) is 6.76. The maximum absolute atomic E-state index is 10.2. The van der Waals surface area contributed by atoms with Crippen LogP contribution in [0.2, 0.25) is 0 Å². The molecule has 2 N–H and O–H groups in total. The third-order valence-electron chi connectivity index (χ3n) is 5.15. The first-order valence-corrected chi connectivity index (χ1v) is 8.23. The topological polar surface area (TPSA) is 43.7 Å². The fourth-order valence-electron chi connectivity index (χ4n) is 3.98. The smallest absolute Gasteiger partial charge is 0.0580 e. The van der Waals surface area contributed by atoms with Crippen LogP contribution < -0.4 is 0 Å². The van der Waals surface area contributed by atoms with E-state index in [-0.39, 0.29) is 12.7 Å². The van der Waals surface area contributed by atoms with Crippen molar-refractivity contribution in [1.82, 2.24) is 4.90 Å². The summed E-state index contributed by atoms with van der Waals surface area (Å²) in [7, 11) is 0. The van der Waals surface area contributed by atoms with Gasteiger partial charge in [-0.2, -0.15) is 0 Å². The Hall–Kier alpha value is -0.120. The highest BCUT2D eigenvalue weighted by atomic mass is 16.3. The zero-order valence-corrected chi connectivity index (χ0v) is 12.4. The normalized spacial score (nSPS) is 33.8. The van der Waals surface area contributed by atoms with Crippen molar-refractivity contribution in [1.29, 1.82) is 0 Å². The Bertz CT molecular complexity index is 253. The first-order valence-electron chi connectivity index (χ1n) is 8.23. The fourth-order valence-corrected chi connectivity index (χ4v) is 3.98. The van der Waals surface area contributed by atoms with Crippen LogP contribution in [0, 0.1) is 11.8 Å². The number of rotatable bonds is 5. The third kappa shape index (κ3) is 4.44. The lowest BCUT2D eigenvalue weighted by Crippen LogP contribution is -2.45. The lowest BCUT2D eigenvalue weighted by Gasteiger charge is -2.40. The SMILES string of the molecule is CC1CCC(O)C(CN(CCO)C2CCCCC2)C1. The Morgan fingerprint density at radius 2 is 1.79 bits per heavy atom. The zero-order valence-electron chi connectivity index (χ0n) is 12.4. The minimum Gasteiger partial charge on any atom is -0.395 e. The summed E-state index contributed by atoms with van der Waals surface area (Å²) in [6.45, 7) is 4.31. The molecule has 2 saturated carbocycles. The van der Waals surface area contributed by atoms with Gasteiger partial charge in [0.1, 0.15) is 0 Å². The standard InChI is InChI=1S/C16H31NO2/c1-13-7-8-16(19)14(11-13)12-17(9-10-18)15-5-3-2-4-6-15/h13-16,18-19H,2-12H2,1H3. The molecule has 2 aliphatic rings. The Labute approximate surface area is 118 Å². The highest BCUT2D eigenvalue weighted by Gasteiger charge is 2.30. The van der Waals surface area contributed by atoms with Crippen LogP contribution in [0.4, 0.5) is 0 Å². The van der Waals surface area contributed by atoms with Crippen LogP contribution in [0.5, 0.6) is 0 Å². The Morgan fingerprint density at radius 3 is 2.47 bits per heavy atom. The lowest BCUT2D eigenvalue weighted by atomic mass is 9.79. The quantitative estimate of drug-likeness (QED) is 0.805. The van der Waals surface area contributed by atoms with Crippen molar-refractivity contribution in [2.75, 3.05) is 19.7 Å². The molecule has 0 aromatic heterocycles. The molecule has 0 radical (unpaired) electrons. The maximum Gasteiger partial charge on any atom is 0.0580 e. The van der Waals surface area contributed by atoms with Gasteiger partial charge in [0.2, 0.25) is 0 Å². The van der Waals surface area contributed by atoms with Crippen molar-refractivity contribution in [3.8, 4) is 0 Å². The molecule has 0 bridgehead atoms. The van der Waals surface area contributed by atoms with E-state index in [0.29, 0.717) is 12.0 Å². The van der Waals surface area contributed by atoms with Crippen molar-refractivity contribution in [2.24, 2.45) is 11.8 Å². The average molecular weight is 269 g/mol. The van der Waals surface area contributed by atoms with Crippen LogP contribution in [0.1, 0.15) is 58.3 Å². The summed E-state index contributed by atoms with van der Waals surface area (Å²) in [6, 6.07) is 0.644. The van der Waals surface area contributed by atoms with Crippen molar-refractivity contribution in [3.05, 3.63) is 0 Å². The summed E-state index contributed by atoms with van der Waals surface area (Å²) >= 11 is 0. The molecule has 2 rings (SSSR count). The largest absolute Gasteiger partial charge is 0.395 e. The van der Waals surface area contributed by atoms with Crippen molar-refractivity contribution < 1.29 is 10.2 Å². The molecule has 3 atom stereocenters. The predicted molar refractivity (Wildman–Crippen MR) is 78.0 cm³/mol. The van der Waals surface area contributed by atoms with Crippen molar-refractivity contribution >= 4 is 0 Å². The number of aliphatic hydroxyl groups excluding tert-OH is 2. The van der Waals surface area contributed by atoms with Gasteiger partial charge in [0, 0.05) is 19.1 Å². The van der Waals surface area contributed by atoms with Gasteiger partial charge < -0.3 is 10.2 Å². The molecule has 0 saturated heterocycles. The summed E-state index contributed by atoms with van der Waals surface area (Å²) < 4.78 is 0. The molecule has 0 amide bonds. The van der Waals surface area contributed by atoms with E-state index in [1.807, 2.05) is 0 Å². The highest BCUT2D eigenvalue weighted by molar-refractivity contribution is 4.84. The fraction of sp³-hybridized carbons (Fsp3) is 1.00. The van der Waals surface area contributed by atoms with Gasteiger partial charge in [-0.3, -0.25) is 4.90 Å². The first kappa shape index (κ1) is 15.3. The molecule has 19 heavy (non-hydrogen) atoms. The minimum absolute atomic E-state index is 0.124.